The predicted molar refractivity (Wildman–Crippen MR) is 92.1 cm³/mol. The number of rotatable bonds is 5. The molecule has 0 fully saturated rings. The Morgan fingerprint density at radius 3 is 2.13 bits per heavy atom. The molecule has 0 spiro atoms. The van der Waals surface area contributed by atoms with Crippen LogP contribution in [0.15, 0.2) is 17.2 Å². The second kappa shape index (κ2) is 6.45. The minimum atomic E-state index is -3.57. The Bertz CT molecular complexity index is 810. The lowest BCUT2D eigenvalue weighted by Crippen LogP contribution is -2.25. The van der Waals surface area contributed by atoms with Gasteiger partial charge in [0.05, 0.1) is 10.6 Å². The lowest BCUT2D eigenvalue weighted by Gasteiger charge is -2.16. The van der Waals surface area contributed by atoms with Crippen molar-refractivity contribution in [2.45, 2.75) is 59.5 Å². The fourth-order valence-electron chi connectivity index (χ4n) is 2.72. The summed E-state index contributed by atoms with van der Waals surface area (Å²) in [5.74, 6) is 0. The van der Waals surface area contributed by atoms with Crippen LogP contribution in [-0.2, 0) is 23.1 Å². The molecule has 0 aliphatic carbocycles. The number of aryl methyl sites for hydroxylation is 4. The van der Waals surface area contributed by atoms with Crippen molar-refractivity contribution in [1.29, 1.82) is 0 Å². The van der Waals surface area contributed by atoms with Gasteiger partial charge in [-0.2, -0.15) is 5.10 Å². The molecule has 0 aliphatic rings. The number of sulfonamides is 1. The molecule has 1 aromatic heterocycles. The summed E-state index contributed by atoms with van der Waals surface area (Å²) in [5, 5.41) is 4.35. The fourth-order valence-corrected chi connectivity index (χ4v) is 4.34. The fraction of sp³-hybridized carbons (Fsp3) is 0.471. The van der Waals surface area contributed by atoms with E-state index in [9.17, 15) is 8.42 Å². The van der Waals surface area contributed by atoms with Crippen LogP contribution in [0.1, 0.15) is 40.4 Å². The summed E-state index contributed by atoms with van der Waals surface area (Å²) in [5.41, 5.74) is 5.34. The zero-order valence-electron chi connectivity index (χ0n) is 14.7. The highest BCUT2D eigenvalue weighted by Gasteiger charge is 2.22. The van der Waals surface area contributed by atoms with E-state index in [2.05, 4.69) is 9.82 Å². The molecule has 126 valence electrons. The van der Waals surface area contributed by atoms with Crippen molar-refractivity contribution in [3.8, 4) is 0 Å². The van der Waals surface area contributed by atoms with Crippen LogP contribution >= 0.6 is 0 Å². The van der Waals surface area contributed by atoms with Gasteiger partial charge in [0.1, 0.15) is 0 Å². The Hall–Kier alpha value is -1.66. The molecule has 6 heteroatoms. The summed E-state index contributed by atoms with van der Waals surface area (Å²) >= 11 is 0. The molecule has 1 heterocycles. The average Bonchev–Trinajstić information content (AvgIpc) is 2.84. The Balaban J connectivity index is 2.35. The molecular weight excluding hydrogens is 310 g/mol. The maximum Gasteiger partial charge on any atom is 0.241 e. The van der Waals surface area contributed by atoms with Gasteiger partial charge in [0.2, 0.25) is 10.0 Å². The first-order chi connectivity index (χ1) is 10.7. The van der Waals surface area contributed by atoms with E-state index in [1.807, 2.05) is 58.5 Å². The lowest BCUT2D eigenvalue weighted by molar-refractivity contribution is 0.579. The number of benzene rings is 1. The Morgan fingerprint density at radius 2 is 1.65 bits per heavy atom. The first kappa shape index (κ1) is 17.7. The van der Waals surface area contributed by atoms with Gasteiger partial charge in [0, 0.05) is 24.8 Å². The van der Waals surface area contributed by atoms with E-state index in [0.717, 1.165) is 40.1 Å². The van der Waals surface area contributed by atoms with E-state index in [1.54, 1.807) is 0 Å². The van der Waals surface area contributed by atoms with E-state index in [4.69, 9.17) is 0 Å². The molecule has 2 aromatic rings. The van der Waals surface area contributed by atoms with E-state index in [1.165, 1.54) is 0 Å². The molecule has 0 saturated heterocycles. The summed E-state index contributed by atoms with van der Waals surface area (Å²) in [4.78, 5) is 0.399. The van der Waals surface area contributed by atoms with E-state index >= 15 is 0 Å². The van der Waals surface area contributed by atoms with E-state index < -0.39 is 10.0 Å². The van der Waals surface area contributed by atoms with Gasteiger partial charge in [-0.05, 0) is 63.8 Å². The second-order valence-electron chi connectivity index (χ2n) is 6.01. The van der Waals surface area contributed by atoms with Gasteiger partial charge in [-0.1, -0.05) is 6.07 Å². The van der Waals surface area contributed by atoms with Crippen molar-refractivity contribution in [3.05, 3.63) is 45.8 Å². The smallest absolute Gasteiger partial charge is 0.241 e. The quantitative estimate of drug-likeness (QED) is 0.914. The molecule has 2 rings (SSSR count). The van der Waals surface area contributed by atoms with Crippen LogP contribution in [-0.4, -0.2) is 18.2 Å². The molecule has 0 bridgehead atoms. The highest BCUT2D eigenvalue weighted by molar-refractivity contribution is 7.89. The molecule has 23 heavy (non-hydrogen) atoms. The van der Waals surface area contributed by atoms with E-state index in [0.29, 0.717) is 4.90 Å². The number of hydrogen-bond acceptors (Lipinski definition) is 3. The van der Waals surface area contributed by atoms with Crippen LogP contribution in [0, 0.1) is 34.6 Å². The largest absolute Gasteiger partial charge is 0.272 e. The standard InChI is InChI=1S/C17H25N3O2S/c1-7-20-10-16(15(6)19-20)9-18-23(21,22)17-13(4)11(2)8-12(3)14(17)5/h8,10,18H,7,9H2,1-6H3. The number of nitrogens with zero attached hydrogens (tertiary/aromatic N) is 2. The molecule has 1 N–H and O–H groups in total. The number of aromatic nitrogens is 2. The van der Waals surface area contributed by atoms with Crippen molar-refractivity contribution in [2.24, 2.45) is 0 Å². The topological polar surface area (TPSA) is 64.0 Å². The van der Waals surface area contributed by atoms with Gasteiger partial charge >= 0.3 is 0 Å². The summed E-state index contributed by atoms with van der Waals surface area (Å²) in [6.45, 7) is 12.5. The third kappa shape index (κ3) is 3.48. The van der Waals surface area contributed by atoms with Gasteiger partial charge in [-0.15, -0.1) is 0 Å². The molecular formula is C17H25N3O2S. The molecule has 0 radical (unpaired) electrons. The first-order valence-corrected chi connectivity index (χ1v) is 9.25. The summed E-state index contributed by atoms with van der Waals surface area (Å²) in [6, 6.07) is 2.03. The highest BCUT2D eigenvalue weighted by atomic mass is 32.2. The predicted octanol–water partition coefficient (Wildman–Crippen LogP) is 2.92. The third-order valence-electron chi connectivity index (χ3n) is 4.39. The SMILES string of the molecule is CCn1cc(CNS(=O)(=O)c2c(C)c(C)cc(C)c2C)c(C)n1. The Kier molecular flexibility index (Phi) is 4.96. The summed E-state index contributed by atoms with van der Waals surface area (Å²) < 4.78 is 30.1. The second-order valence-corrected chi connectivity index (χ2v) is 7.71. The monoisotopic (exact) mass is 335 g/mol. The zero-order valence-corrected chi connectivity index (χ0v) is 15.5. The maximum atomic E-state index is 12.8. The van der Waals surface area contributed by atoms with Crippen molar-refractivity contribution in [1.82, 2.24) is 14.5 Å². The minimum Gasteiger partial charge on any atom is -0.272 e. The van der Waals surface area contributed by atoms with Crippen LogP contribution in [0.5, 0.6) is 0 Å². The summed E-state index contributed by atoms with van der Waals surface area (Å²) in [7, 11) is -3.57. The van der Waals surface area contributed by atoms with Crippen molar-refractivity contribution >= 4 is 10.0 Å². The molecule has 0 saturated carbocycles. The van der Waals surface area contributed by atoms with Gasteiger partial charge in [0.15, 0.2) is 0 Å². The third-order valence-corrected chi connectivity index (χ3v) is 6.06. The molecule has 0 atom stereocenters. The zero-order chi connectivity index (χ0) is 17.4. The van der Waals surface area contributed by atoms with Gasteiger partial charge in [-0.3, -0.25) is 4.68 Å². The number of nitrogens with one attached hydrogen (secondary N) is 1. The van der Waals surface area contributed by atoms with Crippen LogP contribution in [0.3, 0.4) is 0 Å². The molecule has 0 unspecified atom stereocenters. The Labute approximate surface area is 138 Å². The Morgan fingerprint density at radius 1 is 1.09 bits per heavy atom. The van der Waals surface area contributed by atoms with Crippen LogP contribution in [0.25, 0.3) is 0 Å². The molecule has 0 amide bonds. The first-order valence-electron chi connectivity index (χ1n) is 7.77. The van der Waals surface area contributed by atoms with Gasteiger partial charge in [0.25, 0.3) is 0 Å². The maximum absolute atomic E-state index is 12.8. The highest BCUT2D eigenvalue weighted by Crippen LogP contribution is 2.26. The average molecular weight is 335 g/mol. The normalized spacial score (nSPS) is 11.9. The number of hydrogen-bond donors (Lipinski definition) is 1. The van der Waals surface area contributed by atoms with Gasteiger partial charge in [-0.25, -0.2) is 13.1 Å². The minimum absolute atomic E-state index is 0.250. The molecule has 5 nitrogen and oxygen atoms in total. The van der Waals surface area contributed by atoms with Gasteiger partial charge < -0.3 is 0 Å². The summed E-state index contributed by atoms with van der Waals surface area (Å²) in [6.07, 6.45) is 1.89. The molecule has 0 aliphatic heterocycles. The van der Waals surface area contributed by atoms with Crippen molar-refractivity contribution in [2.75, 3.05) is 0 Å². The lowest BCUT2D eigenvalue weighted by atomic mass is 10.0. The van der Waals surface area contributed by atoms with Crippen molar-refractivity contribution < 1.29 is 8.42 Å². The van der Waals surface area contributed by atoms with Crippen molar-refractivity contribution in [3.63, 3.8) is 0 Å². The molecule has 1 aromatic carbocycles. The van der Waals surface area contributed by atoms with Crippen LogP contribution in [0.2, 0.25) is 0 Å². The van der Waals surface area contributed by atoms with E-state index in [-0.39, 0.29) is 6.54 Å². The van der Waals surface area contributed by atoms with Crippen LogP contribution in [0.4, 0.5) is 0 Å². The van der Waals surface area contributed by atoms with Crippen LogP contribution < -0.4 is 4.72 Å².